The van der Waals surface area contributed by atoms with Gasteiger partial charge >= 0.3 is 11.9 Å². The van der Waals surface area contributed by atoms with E-state index in [2.05, 4.69) is 15.9 Å². The molecule has 0 fully saturated rings. The first-order valence-corrected chi connectivity index (χ1v) is 12.7. The summed E-state index contributed by atoms with van der Waals surface area (Å²) < 4.78 is 11.2. The third kappa shape index (κ3) is 5.89. The highest BCUT2D eigenvalue weighted by Crippen LogP contribution is 2.29. The third-order valence-electron chi connectivity index (χ3n) is 5.91. The first-order valence-electron chi connectivity index (χ1n) is 11.9. The summed E-state index contributed by atoms with van der Waals surface area (Å²) in [6.07, 6.45) is 0.746. The van der Waals surface area contributed by atoms with Crippen molar-refractivity contribution in [2.75, 3.05) is 18.1 Å². The number of rotatable bonds is 9. The number of amides is 2. The van der Waals surface area contributed by atoms with Gasteiger partial charge in [0.2, 0.25) is 0 Å². The third-order valence-corrected chi connectivity index (χ3v) is 6.44. The second-order valence-electron chi connectivity index (χ2n) is 9.08. The number of hydrogen-bond acceptors (Lipinski definition) is 7. The van der Waals surface area contributed by atoms with Gasteiger partial charge in [-0.3, -0.25) is 14.4 Å². The lowest BCUT2D eigenvalue weighted by Gasteiger charge is -2.14. The van der Waals surface area contributed by atoms with E-state index < -0.39 is 30.4 Å². The number of ether oxygens (including phenoxy) is 2. The summed E-state index contributed by atoms with van der Waals surface area (Å²) in [5, 5.41) is 0. The molecule has 8 nitrogen and oxygen atoms in total. The van der Waals surface area contributed by atoms with E-state index in [1.807, 2.05) is 13.8 Å². The molecular weight excluding hydrogens is 554 g/mol. The Morgan fingerprint density at radius 2 is 1.34 bits per heavy atom. The number of carbonyl (C=O) groups excluding carboxylic acids is 5. The maximum atomic E-state index is 13.1. The molecule has 0 bridgehead atoms. The SMILES string of the molecule is CC(C)CCOC(=O)c1ccc(N2C(=O)c3ccc(C(=O)OCC(=O)c4ccc(Br)cc4)cc3C2=O)cc1. The zero-order valence-electron chi connectivity index (χ0n) is 20.7. The maximum Gasteiger partial charge on any atom is 0.338 e. The van der Waals surface area contributed by atoms with Crippen LogP contribution in [0.4, 0.5) is 5.69 Å². The van der Waals surface area contributed by atoms with Crippen LogP contribution < -0.4 is 4.90 Å². The van der Waals surface area contributed by atoms with Gasteiger partial charge in [0.25, 0.3) is 11.8 Å². The second-order valence-corrected chi connectivity index (χ2v) is 9.99. The number of hydrogen-bond donors (Lipinski definition) is 0. The summed E-state index contributed by atoms with van der Waals surface area (Å²) in [4.78, 5) is 64.1. The zero-order chi connectivity index (χ0) is 27.4. The molecular formula is C29H24BrNO7. The van der Waals surface area contributed by atoms with Crippen LogP contribution in [0.1, 0.15) is 72.1 Å². The molecule has 4 rings (SSSR count). The largest absolute Gasteiger partial charge is 0.462 e. The van der Waals surface area contributed by atoms with E-state index in [0.717, 1.165) is 15.8 Å². The van der Waals surface area contributed by atoms with Crippen molar-refractivity contribution in [2.24, 2.45) is 5.92 Å². The molecule has 194 valence electrons. The Morgan fingerprint density at radius 1 is 0.763 bits per heavy atom. The van der Waals surface area contributed by atoms with Crippen molar-refractivity contribution in [1.29, 1.82) is 0 Å². The van der Waals surface area contributed by atoms with E-state index >= 15 is 0 Å². The van der Waals surface area contributed by atoms with E-state index in [-0.39, 0.29) is 28.2 Å². The first-order chi connectivity index (χ1) is 18.2. The van der Waals surface area contributed by atoms with Crippen molar-refractivity contribution in [3.63, 3.8) is 0 Å². The van der Waals surface area contributed by atoms with Gasteiger partial charge < -0.3 is 9.47 Å². The molecule has 0 aromatic heterocycles. The van der Waals surface area contributed by atoms with Gasteiger partial charge in [0.05, 0.1) is 34.5 Å². The van der Waals surface area contributed by atoms with Crippen LogP contribution in [0.3, 0.4) is 0 Å². The van der Waals surface area contributed by atoms with Crippen molar-refractivity contribution in [3.8, 4) is 0 Å². The molecule has 0 radical (unpaired) electrons. The normalized spacial score (nSPS) is 12.5. The van der Waals surface area contributed by atoms with Gasteiger partial charge in [0.15, 0.2) is 12.4 Å². The summed E-state index contributed by atoms with van der Waals surface area (Å²) >= 11 is 3.29. The predicted octanol–water partition coefficient (Wildman–Crippen LogP) is 5.49. The molecule has 38 heavy (non-hydrogen) atoms. The fourth-order valence-corrected chi connectivity index (χ4v) is 4.02. The highest BCUT2D eigenvalue weighted by Gasteiger charge is 2.37. The Labute approximate surface area is 227 Å². The van der Waals surface area contributed by atoms with Crippen molar-refractivity contribution in [1.82, 2.24) is 0 Å². The molecule has 1 aliphatic heterocycles. The fourth-order valence-electron chi connectivity index (χ4n) is 3.75. The van der Waals surface area contributed by atoms with Crippen LogP contribution in [0.15, 0.2) is 71.2 Å². The maximum absolute atomic E-state index is 13.1. The first kappa shape index (κ1) is 26.9. The smallest absolute Gasteiger partial charge is 0.338 e. The number of anilines is 1. The van der Waals surface area contributed by atoms with Crippen molar-refractivity contribution >= 4 is 51.2 Å². The average molecular weight is 578 g/mol. The Bertz CT molecular complexity index is 1410. The number of imide groups is 1. The minimum absolute atomic E-state index is 0.0369. The number of carbonyl (C=O) groups is 5. The molecule has 0 unspecified atom stereocenters. The molecule has 0 saturated carbocycles. The molecule has 1 heterocycles. The van der Waals surface area contributed by atoms with E-state index in [1.165, 1.54) is 42.5 Å². The lowest BCUT2D eigenvalue weighted by molar-refractivity contribution is 0.0473. The van der Waals surface area contributed by atoms with Gasteiger partial charge in [-0.2, -0.15) is 0 Å². The minimum atomic E-state index is -0.794. The van der Waals surface area contributed by atoms with Crippen LogP contribution in [0.5, 0.6) is 0 Å². The van der Waals surface area contributed by atoms with Gasteiger partial charge in [-0.15, -0.1) is 0 Å². The minimum Gasteiger partial charge on any atom is -0.462 e. The number of Topliss-reactive ketones (excluding diaryl/α,β-unsaturated/α-hetero) is 1. The molecule has 0 N–H and O–H groups in total. The van der Waals surface area contributed by atoms with Gasteiger partial charge in [-0.1, -0.05) is 41.9 Å². The zero-order valence-corrected chi connectivity index (χ0v) is 22.3. The Balaban J connectivity index is 1.43. The lowest BCUT2D eigenvalue weighted by atomic mass is 10.1. The van der Waals surface area contributed by atoms with Gasteiger partial charge in [0.1, 0.15) is 0 Å². The second kappa shape index (κ2) is 11.5. The Morgan fingerprint density at radius 3 is 2.00 bits per heavy atom. The van der Waals surface area contributed by atoms with Crippen LogP contribution in [-0.2, 0) is 9.47 Å². The van der Waals surface area contributed by atoms with Crippen molar-refractivity contribution < 1.29 is 33.4 Å². The standard InChI is InChI=1S/C29H24BrNO7/c1-17(2)13-14-37-28(35)19-5-10-22(11-6-19)31-26(33)23-12-7-20(15-24(23)27(31)34)29(36)38-16-25(32)18-3-8-21(30)9-4-18/h3-12,15,17H,13-14,16H2,1-2H3. The quantitative estimate of drug-likeness (QED) is 0.188. The van der Waals surface area contributed by atoms with Crippen LogP contribution in [0.2, 0.25) is 0 Å². The molecule has 2 amide bonds. The lowest BCUT2D eigenvalue weighted by Crippen LogP contribution is -2.29. The van der Waals surface area contributed by atoms with Crippen molar-refractivity contribution in [3.05, 3.63) is 99.0 Å². The molecule has 9 heteroatoms. The summed E-state index contributed by atoms with van der Waals surface area (Å²) in [6.45, 7) is 3.90. The van der Waals surface area contributed by atoms with Crippen LogP contribution >= 0.6 is 15.9 Å². The summed E-state index contributed by atoms with van der Waals surface area (Å²) in [7, 11) is 0. The van der Waals surface area contributed by atoms with E-state index in [1.54, 1.807) is 24.3 Å². The highest BCUT2D eigenvalue weighted by molar-refractivity contribution is 9.10. The topological polar surface area (TPSA) is 107 Å². The number of halogens is 1. The molecule has 1 aliphatic rings. The molecule has 0 aliphatic carbocycles. The van der Waals surface area contributed by atoms with Crippen molar-refractivity contribution in [2.45, 2.75) is 20.3 Å². The molecule has 0 atom stereocenters. The van der Waals surface area contributed by atoms with E-state index in [4.69, 9.17) is 9.47 Å². The molecule has 0 saturated heterocycles. The Hall–Kier alpha value is -4.11. The molecule has 3 aromatic rings. The van der Waals surface area contributed by atoms with Gasteiger partial charge in [0, 0.05) is 10.0 Å². The summed E-state index contributed by atoms with van der Waals surface area (Å²) in [6, 6.07) is 16.6. The fraction of sp³-hybridized carbons (Fsp3) is 0.207. The monoisotopic (exact) mass is 577 g/mol. The number of fused-ring (bicyclic) bond motifs is 1. The average Bonchev–Trinajstić information content (AvgIpc) is 3.16. The summed E-state index contributed by atoms with van der Waals surface area (Å²) in [5.74, 6) is -2.42. The van der Waals surface area contributed by atoms with E-state index in [9.17, 15) is 24.0 Å². The van der Waals surface area contributed by atoms with Crippen LogP contribution in [0.25, 0.3) is 0 Å². The van der Waals surface area contributed by atoms with Gasteiger partial charge in [-0.25, -0.2) is 14.5 Å². The van der Waals surface area contributed by atoms with Gasteiger partial charge in [-0.05, 0) is 66.9 Å². The molecule has 3 aromatic carbocycles. The molecule has 0 spiro atoms. The van der Waals surface area contributed by atoms with Crippen LogP contribution in [-0.4, -0.2) is 42.7 Å². The number of benzene rings is 3. The highest BCUT2D eigenvalue weighted by atomic mass is 79.9. The Kier molecular flexibility index (Phi) is 8.16. The van der Waals surface area contributed by atoms with E-state index in [0.29, 0.717) is 23.7 Å². The number of ketones is 1. The summed E-state index contributed by atoms with van der Waals surface area (Å²) in [5.41, 5.74) is 1.18. The van der Waals surface area contributed by atoms with Crippen LogP contribution in [0, 0.1) is 5.92 Å². The number of esters is 2. The predicted molar refractivity (Wildman–Crippen MR) is 143 cm³/mol. The number of nitrogens with zero attached hydrogens (tertiary/aromatic N) is 1.